The van der Waals surface area contributed by atoms with Crippen molar-refractivity contribution < 1.29 is 0 Å². The minimum absolute atomic E-state index is 0.0391. The minimum atomic E-state index is 0.0391. The highest BCUT2D eigenvalue weighted by Crippen LogP contribution is 2.50. The van der Waals surface area contributed by atoms with E-state index in [1.54, 1.807) is 0 Å². The van der Waals surface area contributed by atoms with Crippen LogP contribution in [0.2, 0.25) is 0 Å². The van der Waals surface area contributed by atoms with Gasteiger partial charge in [-0.25, -0.2) is 0 Å². The summed E-state index contributed by atoms with van der Waals surface area (Å²) in [5.41, 5.74) is 10.8. The zero-order valence-electron chi connectivity index (χ0n) is 21.3. The Hall–Kier alpha value is -2.04. The maximum absolute atomic E-state index is 3.59. The third-order valence-electron chi connectivity index (χ3n) is 8.19. The molecule has 0 bridgehead atoms. The number of nitrogens with zero attached hydrogens (tertiary/aromatic N) is 2. The van der Waals surface area contributed by atoms with Crippen LogP contribution in [0.15, 0.2) is 69.6 Å². The van der Waals surface area contributed by atoms with E-state index in [2.05, 4.69) is 136 Å². The van der Waals surface area contributed by atoms with Crippen molar-refractivity contribution >= 4 is 31.9 Å². The van der Waals surface area contributed by atoms with Crippen molar-refractivity contribution in [2.75, 3.05) is 0 Å². The largest absolute Gasteiger partial charge is 0.318 e. The van der Waals surface area contributed by atoms with E-state index in [1.165, 1.54) is 71.0 Å². The normalized spacial score (nSPS) is 16.1. The molecule has 1 fully saturated rings. The van der Waals surface area contributed by atoms with Gasteiger partial charge in [0.1, 0.15) is 0 Å². The first-order valence-corrected chi connectivity index (χ1v) is 14.2. The number of hydrogen-bond donors (Lipinski definition) is 0. The number of rotatable bonds is 4. The molecule has 0 saturated heterocycles. The molecule has 35 heavy (non-hydrogen) atoms. The molecule has 0 N–H and O–H groups in total. The first-order chi connectivity index (χ1) is 16.7. The molecule has 182 valence electrons. The predicted molar refractivity (Wildman–Crippen MR) is 154 cm³/mol. The first-order valence-electron chi connectivity index (χ1n) is 12.6. The van der Waals surface area contributed by atoms with Crippen LogP contribution >= 0.6 is 31.9 Å². The molecule has 2 aromatic carbocycles. The second-order valence-corrected chi connectivity index (χ2v) is 12.3. The van der Waals surface area contributed by atoms with Gasteiger partial charge in [0.05, 0.1) is 0 Å². The maximum Gasteiger partial charge on any atom is 0.0455 e. The lowest BCUT2D eigenvalue weighted by Gasteiger charge is -2.40. The quantitative estimate of drug-likeness (QED) is 0.223. The van der Waals surface area contributed by atoms with E-state index in [0.717, 1.165) is 14.9 Å². The fourth-order valence-electron chi connectivity index (χ4n) is 6.41. The number of benzene rings is 2. The van der Waals surface area contributed by atoms with E-state index >= 15 is 0 Å². The molecule has 5 rings (SSSR count). The molecule has 0 aliphatic heterocycles. The Kier molecular flexibility index (Phi) is 6.65. The van der Waals surface area contributed by atoms with Gasteiger partial charge in [-0.15, -0.1) is 0 Å². The zero-order valence-corrected chi connectivity index (χ0v) is 24.5. The van der Waals surface area contributed by atoms with Gasteiger partial charge in [0.25, 0.3) is 0 Å². The van der Waals surface area contributed by atoms with Crippen LogP contribution in [0.25, 0.3) is 11.4 Å². The molecule has 0 spiro atoms. The second kappa shape index (κ2) is 9.44. The summed E-state index contributed by atoms with van der Waals surface area (Å²) in [6.07, 6.45) is 4.93. The molecule has 2 heterocycles. The average Bonchev–Trinajstić information content (AvgIpc) is 3.31. The number of aromatic nitrogens is 2. The smallest absolute Gasteiger partial charge is 0.0455 e. The van der Waals surface area contributed by atoms with Gasteiger partial charge in [0, 0.05) is 48.5 Å². The van der Waals surface area contributed by atoms with Crippen LogP contribution in [0.4, 0.5) is 0 Å². The van der Waals surface area contributed by atoms with Crippen LogP contribution in [-0.2, 0) is 5.41 Å². The van der Waals surface area contributed by atoms with Crippen LogP contribution in [-0.4, -0.2) is 9.13 Å². The molecule has 0 unspecified atom stereocenters. The van der Waals surface area contributed by atoms with E-state index in [9.17, 15) is 0 Å². The Labute approximate surface area is 226 Å². The molecule has 4 aromatic rings. The fraction of sp³-hybridized carbons (Fsp3) is 0.355. The lowest BCUT2D eigenvalue weighted by molar-refractivity contribution is 0.278. The third-order valence-corrected chi connectivity index (χ3v) is 9.25. The van der Waals surface area contributed by atoms with E-state index in [0.29, 0.717) is 0 Å². The lowest BCUT2D eigenvalue weighted by Crippen LogP contribution is -2.33. The van der Waals surface area contributed by atoms with Crippen LogP contribution in [0, 0.1) is 33.6 Å². The molecule has 0 amide bonds. The summed E-state index contributed by atoms with van der Waals surface area (Å²) < 4.78 is 7.11. The number of aryl methyl sites for hydroxylation is 2. The Morgan fingerprint density at radius 1 is 0.657 bits per heavy atom. The summed E-state index contributed by atoms with van der Waals surface area (Å²) in [7, 11) is 0. The maximum atomic E-state index is 3.59. The van der Waals surface area contributed by atoms with Crippen molar-refractivity contribution in [1.29, 1.82) is 0 Å². The summed E-state index contributed by atoms with van der Waals surface area (Å²) >= 11 is 7.19. The lowest BCUT2D eigenvalue weighted by atomic mass is 9.63. The SMILES string of the molecule is Cc1cc(C2(c3cc(C)n(-c4ccc(Br)cc4)c3C)CCC(C)CC2)c(C)n1-c1ccc(Br)cc1. The van der Waals surface area contributed by atoms with E-state index < -0.39 is 0 Å². The summed E-state index contributed by atoms with van der Waals surface area (Å²) in [4.78, 5) is 0. The highest BCUT2D eigenvalue weighted by molar-refractivity contribution is 9.10. The number of halogens is 2. The minimum Gasteiger partial charge on any atom is -0.318 e. The third kappa shape index (κ3) is 4.27. The predicted octanol–water partition coefficient (Wildman–Crippen LogP) is 9.52. The molecule has 4 heteroatoms. The molecular formula is C31H34Br2N2. The van der Waals surface area contributed by atoms with Crippen molar-refractivity contribution in [2.24, 2.45) is 5.92 Å². The van der Waals surface area contributed by atoms with Gasteiger partial charge in [-0.3, -0.25) is 0 Å². The topological polar surface area (TPSA) is 9.86 Å². The van der Waals surface area contributed by atoms with Crippen LogP contribution in [0.5, 0.6) is 0 Å². The molecule has 2 aromatic heterocycles. The summed E-state index contributed by atoms with van der Waals surface area (Å²) in [5, 5.41) is 0. The molecule has 2 nitrogen and oxygen atoms in total. The van der Waals surface area contributed by atoms with Gasteiger partial charge in [-0.05, 0) is 131 Å². The van der Waals surface area contributed by atoms with Gasteiger partial charge < -0.3 is 9.13 Å². The van der Waals surface area contributed by atoms with Gasteiger partial charge in [0.2, 0.25) is 0 Å². The van der Waals surface area contributed by atoms with Gasteiger partial charge in [0.15, 0.2) is 0 Å². The van der Waals surface area contributed by atoms with Crippen molar-refractivity contribution in [2.45, 2.75) is 65.7 Å². The Morgan fingerprint density at radius 2 is 1.03 bits per heavy atom. The van der Waals surface area contributed by atoms with Crippen LogP contribution < -0.4 is 0 Å². The van der Waals surface area contributed by atoms with E-state index in [4.69, 9.17) is 0 Å². The second-order valence-electron chi connectivity index (χ2n) is 10.5. The van der Waals surface area contributed by atoms with Crippen molar-refractivity contribution in [3.8, 4) is 11.4 Å². The molecule has 0 radical (unpaired) electrons. The fourth-order valence-corrected chi connectivity index (χ4v) is 6.94. The van der Waals surface area contributed by atoms with Gasteiger partial charge in [-0.1, -0.05) is 38.8 Å². The Balaban J connectivity index is 1.69. The molecular weight excluding hydrogens is 560 g/mol. The van der Waals surface area contributed by atoms with E-state index in [-0.39, 0.29) is 5.41 Å². The zero-order chi connectivity index (χ0) is 24.9. The van der Waals surface area contributed by atoms with Crippen LogP contribution in [0.3, 0.4) is 0 Å². The highest BCUT2D eigenvalue weighted by atomic mass is 79.9. The monoisotopic (exact) mass is 592 g/mol. The summed E-state index contributed by atoms with van der Waals surface area (Å²) in [5.74, 6) is 0.785. The van der Waals surface area contributed by atoms with Crippen LogP contribution in [0.1, 0.15) is 66.5 Å². The highest BCUT2D eigenvalue weighted by Gasteiger charge is 2.42. The summed E-state index contributed by atoms with van der Waals surface area (Å²) in [6, 6.07) is 22.3. The molecule has 0 atom stereocenters. The van der Waals surface area contributed by atoms with Gasteiger partial charge in [-0.2, -0.15) is 0 Å². The summed E-state index contributed by atoms with van der Waals surface area (Å²) in [6.45, 7) is 11.6. The first kappa shape index (κ1) is 24.6. The Bertz CT molecular complexity index is 1250. The number of hydrogen-bond acceptors (Lipinski definition) is 0. The average molecular weight is 594 g/mol. The van der Waals surface area contributed by atoms with Crippen molar-refractivity contribution in [3.63, 3.8) is 0 Å². The van der Waals surface area contributed by atoms with Crippen molar-refractivity contribution in [1.82, 2.24) is 9.13 Å². The van der Waals surface area contributed by atoms with Gasteiger partial charge >= 0.3 is 0 Å². The molecule has 1 saturated carbocycles. The van der Waals surface area contributed by atoms with E-state index in [1.807, 2.05) is 0 Å². The Morgan fingerprint density at radius 3 is 1.40 bits per heavy atom. The molecule has 1 aliphatic rings. The van der Waals surface area contributed by atoms with Crippen molar-refractivity contribution in [3.05, 3.63) is 104 Å². The standard InChI is InChI=1S/C31H34Br2N2/c1-20-14-16-31(17-15-20,29-18-21(2)34(23(29)4)27-10-6-25(32)7-11-27)30-19-22(3)35(24(30)5)28-12-8-26(33)9-13-28/h6-13,18-20H,14-17H2,1-5H3. The molecule has 1 aliphatic carbocycles.